The minimum Gasteiger partial charge on any atom is -0.496 e. The number of fused-ring (bicyclic) bond motifs is 5. The normalized spacial score (nSPS) is 23.8. The summed E-state index contributed by atoms with van der Waals surface area (Å²) in [4.78, 5) is 18.6. The van der Waals surface area contributed by atoms with Crippen molar-refractivity contribution in [3.05, 3.63) is 29.5 Å². The van der Waals surface area contributed by atoms with Crippen LogP contribution in [0.3, 0.4) is 0 Å². The van der Waals surface area contributed by atoms with Gasteiger partial charge >= 0.3 is 5.97 Å². The van der Waals surface area contributed by atoms with E-state index >= 15 is 0 Å². The maximum atomic E-state index is 12.3. The number of benzene rings is 1. The number of piperidine rings is 1. The molecule has 7 heteroatoms. The van der Waals surface area contributed by atoms with Gasteiger partial charge < -0.3 is 18.9 Å². The lowest BCUT2D eigenvalue weighted by atomic mass is 9.77. The number of hydrogen-bond donors (Lipinski definition) is 1. The van der Waals surface area contributed by atoms with E-state index in [-0.39, 0.29) is 23.0 Å². The number of carbonyl (C=O) groups is 1. The van der Waals surface area contributed by atoms with Crippen molar-refractivity contribution in [2.45, 2.75) is 64.2 Å². The second kappa shape index (κ2) is 9.08. The molecule has 33 heavy (non-hydrogen) atoms. The Morgan fingerprint density at radius 3 is 2.64 bits per heavy atom. The molecule has 6 nitrogen and oxygen atoms in total. The Hall–Kier alpha value is -1.83. The summed E-state index contributed by atoms with van der Waals surface area (Å²) in [6.07, 6.45) is 2.39. The van der Waals surface area contributed by atoms with Crippen LogP contribution >= 0.6 is 0 Å². The Kier molecular flexibility index (Phi) is 6.68. The Balaban J connectivity index is 1.61. The molecule has 0 radical (unpaired) electrons. The van der Waals surface area contributed by atoms with Crippen LogP contribution in [0.4, 0.5) is 0 Å². The van der Waals surface area contributed by atoms with Gasteiger partial charge in [-0.15, -0.1) is 0 Å². The van der Waals surface area contributed by atoms with Gasteiger partial charge in [0, 0.05) is 42.7 Å². The Morgan fingerprint density at radius 2 is 1.97 bits per heavy atom. The number of esters is 1. The zero-order valence-corrected chi connectivity index (χ0v) is 22.3. The number of aromatic amines is 1. The number of methoxy groups -OCH3 is 2. The summed E-state index contributed by atoms with van der Waals surface area (Å²) in [5.74, 6) is 1.37. The van der Waals surface area contributed by atoms with Crippen LogP contribution in [0.5, 0.6) is 5.75 Å². The molecular weight excluding hydrogens is 432 g/mol. The van der Waals surface area contributed by atoms with E-state index in [4.69, 9.17) is 13.9 Å². The lowest BCUT2D eigenvalue weighted by Crippen LogP contribution is -2.49. The maximum Gasteiger partial charge on any atom is 0.305 e. The molecule has 1 aromatic heterocycles. The number of hydrogen-bond acceptors (Lipinski definition) is 5. The summed E-state index contributed by atoms with van der Waals surface area (Å²) >= 11 is 0. The summed E-state index contributed by atoms with van der Waals surface area (Å²) in [6, 6.07) is 6.49. The predicted molar refractivity (Wildman–Crippen MR) is 134 cm³/mol. The molecule has 1 unspecified atom stereocenters. The minimum atomic E-state index is -1.86. The van der Waals surface area contributed by atoms with Crippen molar-refractivity contribution in [1.82, 2.24) is 9.88 Å². The number of ether oxygens (including phenoxy) is 2. The van der Waals surface area contributed by atoms with Crippen LogP contribution < -0.4 is 4.74 Å². The fraction of sp³-hybridized carbons (Fsp3) is 0.654. The number of aromatic nitrogens is 1. The highest BCUT2D eigenvalue weighted by Crippen LogP contribution is 2.46. The highest BCUT2D eigenvalue weighted by Gasteiger charge is 2.43. The van der Waals surface area contributed by atoms with Crippen molar-refractivity contribution in [2.24, 2.45) is 11.8 Å². The summed E-state index contributed by atoms with van der Waals surface area (Å²) in [5.41, 5.74) is 3.80. The van der Waals surface area contributed by atoms with Crippen LogP contribution in [0.25, 0.3) is 10.9 Å². The molecule has 2 aliphatic rings. The van der Waals surface area contributed by atoms with E-state index in [1.807, 2.05) is 12.1 Å². The van der Waals surface area contributed by atoms with Crippen molar-refractivity contribution in [1.29, 1.82) is 0 Å². The zero-order chi connectivity index (χ0) is 24.0. The largest absolute Gasteiger partial charge is 0.496 e. The van der Waals surface area contributed by atoms with Gasteiger partial charge in [0.05, 0.1) is 20.3 Å². The lowest BCUT2D eigenvalue weighted by Gasteiger charge is -2.47. The molecule has 3 atom stereocenters. The van der Waals surface area contributed by atoms with Gasteiger partial charge in [0.15, 0.2) is 8.32 Å². The number of nitrogens with one attached hydrogen (secondary N) is 1. The van der Waals surface area contributed by atoms with Crippen LogP contribution in [0, 0.1) is 11.8 Å². The number of carbonyl (C=O) groups excluding carboxylic acids is 1. The first-order valence-corrected chi connectivity index (χ1v) is 15.1. The molecule has 3 heterocycles. The highest BCUT2D eigenvalue weighted by atomic mass is 28.4. The van der Waals surface area contributed by atoms with Crippen LogP contribution in [-0.4, -0.2) is 58.1 Å². The van der Waals surface area contributed by atoms with E-state index in [2.05, 4.69) is 49.8 Å². The van der Waals surface area contributed by atoms with Crippen LogP contribution in [0.15, 0.2) is 18.2 Å². The third-order valence-corrected chi connectivity index (χ3v) is 12.8. The average molecular weight is 473 g/mol. The summed E-state index contributed by atoms with van der Waals surface area (Å²) in [5, 5.41) is 1.38. The van der Waals surface area contributed by atoms with E-state index in [0.717, 1.165) is 43.8 Å². The van der Waals surface area contributed by atoms with Crippen molar-refractivity contribution in [2.75, 3.05) is 33.9 Å². The Bertz CT molecular complexity index is 1010. The standard InChI is InChI=1S/C26H40N2O4Si/c1-26(2,3)33(6,7)32-16-18-15-28-12-11-19-24-20(9-8-10-22(24)30-4)27-25(19)21(28)13-17(18)14-23(29)31-5/h8-10,17-18,21,27H,11-16H2,1-7H3/t17-,18+,21?/m1/s1. The Morgan fingerprint density at radius 1 is 1.21 bits per heavy atom. The van der Waals surface area contributed by atoms with Crippen LogP contribution in [0.2, 0.25) is 18.1 Å². The first-order valence-electron chi connectivity index (χ1n) is 12.2. The SMILES string of the molecule is COC(=O)C[C@H]1CC2c3[nH]c4cccc(OC)c4c3CCN2C[C@H]1CO[Si](C)(C)C(C)(C)C. The summed E-state index contributed by atoms with van der Waals surface area (Å²) in [6.45, 7) is 14.1. The molecule has 1 fully saturated rings. The first kappa shape index (κ1) is 24.3. The topological polar surface area (TPSA) is 63.8 Å². The van der Waals surface area contributed by atoms with Gasteiger partial charge in [-0.05, 0) is 60.5 Å². The van der Waals surface area contributed by atoms with E-state index in [9.17, 15) is 4.79 Å². The predicted octanol–water partition coefficient (Wildman–Crippen LogP) is 5.30. The fourth-order valence-corrected chi connectivity index (χ4v) is 6.36. The van der Waals surface area contributed by atoms with Gasteiger partial charge in [-0.1, -0.05) is 26.8 Å². The van der Waals surface area contributed by atoms with Gasteiger partial charge in [0.2, 0.25) is 0 Å². The molecule has 182 valence electrons. The molecule has 0 bridgehead atoms. The van der Waals surface area contributed by atoms with Gasteiger partial charge in [-0.3, -0.25) is 9.69 Å². The molecule has 0 aliphatic carbocycles. The third kappa shape index (κ3) is 4.60. The van der Waals surface area contributed by atoms with E-state index in [1.165, 1.54) is 23.8 Å². The molecule has 0 saturated carbocycles. The Labute approximate surface area is 199 Å². The number of nitrogens with zero attached hydrogens (tertiary/aromatic N) is 1. The van der Waals surface area contributed by atoms with Crippen LogP contribution in [0.1, 0.15) is 50.9 Å². The molecule has 2 aliphatic heterocycles. The van der Waals surface area contributed by atoms with E-state index < -0.39 is 8.32 Å². The summed E-state index contributed by atoms with van der Waals surface area (Å²) in [7, 11) is 1.37. The second-order valence-electron chi connectivity index (χ2n) is 11.3. The molecule has 0 amide bonds. The van der Waals surface area contributed by atoms with Gasteiger partial charge in [-0.2, -0.15) is 0 Å². The highest BCUT2D eigenvalue weighted by molar-refractivity contribution is 6.74. The van der Waals surface area contributed by atoms with Crippen LogP contribution in [-0.2, 0) is 20.4 Å². The molecule has 4 rings (SSSR count). The molecule has 0 spiro atoms. The van der Waals surface area contributed by atoms with Gasteiger partial charge in [0.1, 0.15) is 5.75 Å². The lowest BCUT2D eigenvalue weighted by molar-refractivity contribution is -0.143. The average Bonchev–Trinajstić information content (AvgIpc) is 3.16. The van der Waals surface area contributed by atoms with Crippen molar-refractivity contribution >= 4 is 25.2 Å². The van der Waals surface area contributed by atoms with Gasteiger partial charge in [0.25, 0.3) is 0 Å². The number of rotatable bonds is 6. The van der Waals surface area contributed by atoms with Gasteiger partial charge in [-0.25, -0.2) is 0 Å². The molecule has 2 aromatic rings. The second-order valence-corrected chi connectivity index (χ2v) is 16.1. The molecule has 1 aromatic carbocycles. The maximum absolute atomic E-state index is 12.3. The number of H-pyrrole nitrogens is 1. The zero-order valence-electron chi connectivity index (χ0n) is 21.3. The summed E-state index contributed by atoms with van der Waals surface area (Å²) < 4.78 is 17.4. The van der Waals surface area contributed by atoms with E-state index in [0.29, 0.717) is 12.3 Å². The monoisotopic (exact) mass is 472 g/mol. The molecular formula is C26H40N2O4Si. The fourth-order valence-electron chi connectivity index (χ4n) is 5.29. The smallest absolute Gasteiger partial charge is 0.305 e. The third-order valence-electron chi connectivity index (χ3n) is 8.35. The molecule has 1 saturated heterocycles. The quantitative estimate of drug-likeness (QED) is 0.457. The van der Waals surface area contributed by atoms with Crippen molar-refractivity contribution in [3.63, 3.8) is 0 Å². The van der Waals surface area contributed by atoms with Crippen molar-refractivity contribution < 1.29 is 18.7 Å². The van der Waals surface area contributed by atoms with Crippen molar-refractivity contribution in [3.8, 4) is 5.75 Å². The molecule has 1 N–H and O–H groups in total. The van der Waals surface area contributed by atoms with E-state index in [1.54, 1.807) is 7.11 Å². The first-order chi connectivity index (χ1) is 15.6. The minimum absolute atomic E-state index is 0.125.